The van der Waals surface area contributed by atoms with E-state index in [1.54, 1.807) is 19.1 Å². The van der Waals surface area contributed by atoms with Crippen molar-refractivity contribution in [2.24, 2.45) is 11.5 Å². The molecule has 2 atom stereocenters. The number of carbonyl (C=O) groups is 2. The Morgan fingerprint density at radius 2 is 1.89 bits per heavy atom. The van der Waals surface area contributed by atoms with Crippen LogP contribution in [0, 0.1) is 5.82 Å². The zero-order valence-electron chi connectivity index (χ0n) is 10.0. The predicted octanol–water partition coefficient (Wildman–Crippen LogP) is 0.206. The van der Waals surface area contributed by atoms with Gasteiger partial charge in [-0.1, -0.05) is 12.1 Å². The molecule has 1 aromatic carbocycles. The summed E-state index contributed by atoms with van der Waals surface area (Å²) in [5.74, 6) is -1.44. The van der Waals surface area contributed by atoms with Gasteiger partial charge >= 0.3 is 0 Å². The van der Waals surface area contributed by atoms with Gasteiger partial charge in [0.15, 0.2) is 0 Å². The Bertz CT molecular complexity index is 433. The minimum absolute atomic E-state index is 0.206. The topological polar surface area (TPSA) is 98.2 Å². The summed E-state index contributed by atoms with van der Waals surface area (Å²) >= 11 is 0. The van der Waals surface area contributed by atoms with E-state index in [1.165, 1.54) is 12.1 Å². The quantitative estimate of drug-likeness (QED) is 0.699. The lowest BCUT2D eigenvalue weighted by Crippen LogP contribution is -2.43. The third kappa shape index (κ3) is 4.14. The molecule has 0 bridgehead atoms. The summed E-state index contributed by atoms with van der Waals surface area (Å²) in [6, 6.07) is 4.46. The first kappa shape index (κ1) is 14.1. The fraction of sp³-hybridized carbons (Fsp3) is 0.333. The highest BCUT2D eigenvalue weighted by Gasteiger charge is 2.18. The molecule has 0 aliphatic heterocycles. The summed E-state index contributed by atoms with van der Waals surface area (Å²) in [6.07, 6.45) is -0.206. The second-order valence-corrected chi connectivity index (χ2v) is 4.06. The molecule has 0 saturated heterocycles. The molecule has 5 nitrogen and oxygen atoms in total. The number of amides is 2. The molecule has 0 radical (unpaired) electrons. The number of rotatable bonds is 5. The number of nitrogens with one attached hydrogen (secondary N) is 1. The van der Waals surface area contributed by atoms with Gasteiger partial charge in [-0.3, -0.25) is 9.59 Å². The lowest BCUT2D eigenvalue weighted by Gasteiger charge is -2.17. The Labute approximate surface area is 104 Å². The molecule has 0 aliphatic carbocycles. The van der Waals surface area contributed by atoms with Crippen LogP contribution < -0.4 is 16.8 Å². The van der Waals surface area contributed by atoms with Crippen molar-refractivity contribution in [2.45, 2.75) is 25.4 Å². The first-order chi connectivity index (χ1) is 8.40. The maximum Gasteiger partial charge on any atom is 0.237 e. The van der Waals surface area contributed by atoms with Gasteiger partial charge in [0, 0.05) is 0 Å². The molecular formula is C12H16FN3O2. The van der Waals surface area contributed by atoms with E-state index in [9.17, 15) is 14.0 Å². The van der Waals surface area contributed by atoms with E-state index in [0.29, 0.717) is 0 Å². The Hall–Kier alpha value is -1.95. The second kappa shape index (κ2) is 6.11. The lowest BCUT2D eigenvalue weighted by atomic mass is 10.1. The molecule has 2 amide bonds. The fourth-order valence-corrected chi connectivity index (χ4v) is 1.46. The van der Waals surface area contributed by atoms with Gasteiger partial charge in [0.25, 0.3) is 0 Å². The zero-order chi connectivity index (χ0) is 13.7. The molecule has 0 spiro atoms. The molecule has 6 heteroatoms. The molecule has 0 heterocycles. The van der Waals surface area contributed by atoms with Gasteiger partial charge in [-0.2, -0.15) is 0 Å². The van der Waals surface area contributed by atoms with Crippen molar-refractivity contribution in [1.82, 2.24) is 5.32 Å². The van der Waals surface area contributed by atoms with Gasteiger partial charge in [0.2, 0.25) is 11.8 Å². The SMILES string of the molecule is C[C@H](NC(=O)C(N)CC(N)=O)c1ccc(F)cc1. The van der Waals surface area contributed by atoms with Crippen LogP contribution in [-0.4, -0.2) is 17.9 Å². The Morgan fingerprint density at radius 1 is 1.33 bits per heavy atom. The second-order valence-electron chi connectivity index (χ2n) is 4.06. The predicted molar refractivity (Wildman–Crippen MR) is 64.7 cm³/mol. The maximum atomic E-state index is 12.7. The number of primary amides is 1. The summed E-state index contributed by atoms with van der Waals surface area (Å²) in [5.41, 5.74) is 11.2. The molecule has 5 N–H and O–H groups in total. The van der Waals surface area contributed by atoms with Crippen molar-refractivity contribution in [2.75, 3.05) is 0 Å². The fourth-order valence-electron chi connectivity index (χ4n) is 1.46. The Kier molecular flexibility index (Phi) is 4.79. The molecule has 18 heavy (non-hydrogen) atoms. The number of hydrogen-bond donors (Lipinski definition) is 3. The molecule has 1 unspecified atom stereocenters. The number of hydrogen-bond acceptors (Lipinski definition) is 3. The van der Waals surface area contributed by atoms with E-state index < -0.39 is 17.9 Å². The summed E-state index contributed by atoms with van der Waals surface area (Å²) in [7, 11) is 0. The molecule has 0 aliphatic rings. The zero-order valence-corrected chi connectivity index (χ0v) is 10.0. The molecular weight excluding hydrogens is 237 g/mol. The summed E-state index contributed by atoms with van der Waals surface area (Å²) in [5, 5.41) is 2.63. The van der Waals surface area contributed by atoms with Gasteiger partial charge in [-0.05, 0) is 24.6 Å². The normalized spacial score (nSPS) is 13.7. The third-order valence-electron chi connectivity index (χ3n) is 2.49. The van der Waals surface area contributed by atoms with Gasteiger partial charge < -0.3 is 16.8 Å². The molecule has 0 saturated carbocycles. The van der Waals surface area contributed by atoms with Crippen LogP contribution in [0.25, 0.3) is 0 Å². The molecule has 0 aromatic heterocycles. The van der Waals surface area contributed by atoms with Crippen molar-refractivity contribution in [3.63, 3.8) is 0 Å². The van der Waals surface area contributed by atoms with Gasteiger partial charge in [0.05, 0.1) is 18.5 Å². The number of nitrogens with two attached hydrogens (primary N) is 2. The average Bonchev–Trinajstić information content (AvgIpc) is 2.28. The van der Waals surface area contributed by atoms with Crippen LogP contribution in [0.5, 0.6) is 0 Å². The standard InChI is InChI=1S/C12H16FN3O2/c1-7(8-2-4-9(13)5-3-8)16-12(18)10(14)6-11(15)17/h2-5,7,10H,6,14H2,1H3,(H2,15,17)(H,16,18)/t7-,10?/m0/s1. The van der Waals surface area contributed by atoms with Crippen LogP contribution >= 0.6 is 0 Å². The monoisotopic (exact) mass is 253 g/mol. The number of carbonyl (C=O) groups excluding carboxylic acids is 2. The van der Waals surface area contributed by atoms with Crippen molar-refractivity contribution < 1.29 is 14.0 Å². The largest absolute Gasteiger partial charge is 0.370 e. The maximum absolute atomic E-state index is 12.7. The summed E-state index contributed by atoms with van der Waals surface area (Å²) in [6.45, 7) is 1.74. The van der Waals surface area contributed by atoms with Crippen LogP contribution in [0.3, 0.4) is 0 Å². The van der Waals surface area contributed by atoms with Crippen molar-refractivity contribution >= 4 is 11.8 Å². The molecule has 1 rings (SSSR count). The molecule has 98 valence electrons. The minimum Gasteiger partial charge on any atom is -0.370 e. The highest BCUT2D eigenvalue weighted by molar-refractivity contribution is 5.87. The first-order valence-corrected chi connectivity index (χ1v) is 5.50. The van der Waals surface area contributed by atoms with Gasteiger partial charge in [0.1, 0.15) is 5.82 Å². The van der Waals surface area contributed by atoms with Crippen molar-refractivity contribution in [3.05, 3.63) is 35.6 Å². The van der Waals surface area contributed by atoms with Crippen molar-refractivity contribution in [3.8, 4) is 0 Å². The molecule has 1 aromatic rings. The number of halogens is 1. The van der Waals surface area contributed by atoms with E-state index >= 15 is 0 Å². The highest BCUT2D eigenvalue weighted by Crippen LogP contribution is 2.12. The Balaban J connectivity index is 2.59. The third-order valence-corrected chi connectivity index (χ3v) is 2.49. The van der Waals surface area contributed by atoms with E-state index in [4.69, 9.17) is 11.5 Å². The van der Waals surface area contributed by atoms with Crippen LogP contribution in [0.1, 0.15) is 24.9 Å². The lowest BCUT2D eigenvalue weighted by molar-refractivity contribution is -0.126. The highest BCUT2D eigenvalue weighted by atomic mass is 19.1. The van der Waals surface area contributed by atoms with Crippen LogP contribution in [0.2, 0.25) is 0 Å². The van der Waals surface area contributed by atoms with Gasteiger partial charge in [-0.15, -0.1) is 0 Å². The summed E-state index contributed by atoms with van der Waals surface area (Å²) in [4.78, 5) is 22.2. The molecule has 0 fully saturated rings. The van der Waals surface area contributed by atoms with E-state index in [0.717, 1.165) is 5.56 Å². The van der Waals surface area contributed by atoms with Crippen LogP contribution in [0.15, 0.2) is 24.3 Å². The smallest absolute Gasteiger partial charge is 0.237 e. The Morgan fingerprint density at radius 3 is 2.39 bits per heavy atom. The van der Waals surface area contributed by atoms with Crippen LogP contribution in [-0.2, 0) is 9.59 Å². The van der Waals surface area contributed by atoms with E-state index in [1.807, 2.05) is 0 Å². The van der Waals surface area contributed by atoms with E-state index in [-0.39, 0.29) is 18.3 Å². The van der Waals surface area contributed by atoms with E-state index in [2.05, 4.69) is 5.32 Å². The first-order valence-electron chi connectivity index (χ1n) is 5.50. The summed E-state index contributed by atoms with van der Waals surface area (Å²) < 4.78 is 12.7. The van der Waals surface area contributed by atoms with Crippen molar-refractivity contribution in [1.29, 1.82) is 0 Å². The van der Waals surface area contributed by atoms with Crippen LogP contribution in [0.4, 0.5) is 4.39 Å². The average molecular weight is 253 g/mol. The number of benzene rings is 1. The van der Waals surface area contributed by atoms with Gasteiger partial charge in [-0.25, -0.2) is 4.39 Å². The minimum atomic E-state index is -0.967.